The number of methoxy groups -OCH3 is 1. The highest BCUT2D eigenvalue weighted by atomic mass is 32.1. The lowest BCUT2D eigenvalue weighted by Crippen LogP contribution is -2.47. The van der Waals surface area contributed by atoms with Gasteiger partial charge >= 0.3 is 0 Å². The number of hydrogen-bond acceptors (Lipinski definition) is 5. The summed E-state index contributed by atoms with van der Waals surface area (Å²) in [5.41, 5.74) is 0.870. The van der Waals surface area contributed by atoms with E-state index in [0.717, 1.165) is 41.6 Å². The molecule has 0 aliphatic carbocycles. The van der Waals surface area contributed by atoms with E-state index >= 15 is 0 Å². The van der Waals surface area contributed by atoms with Crippen molar-refractivity contribution >= 4 is 16.5 Å². The summed E-state index contributed by atoms with van der Waals surface area (Å²) in [7, 11) is 1.77. The summed E-state index contributed by atoms with van der Waals surface area (Å²) in [6.07, 6.45) is 2.22. The van der Waals surface area contributed by atoms with Crippen LogP contribution in [0.4, 0.5) is 5.13 Å². The number of piperidine rings is 1. The van der Waals surface area contributed by atoms with Crippen molar-refractivity contribution in [2.45, 2.75) is 38.9 Å². The summed E-state index contributed by atoms with van der Waals surface area (Å²) in [5, 5.41) is 10.2. The molecule has 1 saturated heterocycles. The zero-order valence-corrected chi connectivity index (χ0v) is 11.5. The molecule has 4 nitrogen and oxygen atoms in total. The number of aliphatic hydroxyl groups excluding tert-OH is 1. The Morgan fingerprint density at radius 2 is 2.35 bits per heavy atom. The van der Waals surface area contributed by atoms with Gasteiger partial charge in [-0.2, -0.15) is 0 Å². The van der Waals surface area contributed by atoms with E-state index in [0.29, 0.717) is 0 Å². The van der Waals surface area contributed by atoms with Crippen LogP contribution in [0.2, 0.25) is 0 Å². The maximum atomic E-state index is 9.21. The second kappa shape index (κ2) is 4.92. The highest BCUT2D eigenvalue weighted by Crippen LogP contribution is 2.32. The van der Waals surface area contributed by atoms with Crippen LogP contribution in [0.15, 0.2) is 0 Å². The quantitative estimate of drug-likeness (QED) is 0.898. The van der Waals surface area contributed by atoms with Crippen molar-refractivity contribution in [2.24, 2.45) is 0 Å². The predicted octanol–water partition coefficient (Wildman–Crippen LogP) is 1.95. The minimum Gasteiger partial charge on any atom is -0.391 e. The Morgan fingerprint density at radius 1 is 1.59 bits per heavy atom. The van der Waals surface area contributed by atoms with Crippen LogP contribution in [0.5, 0.6) is 0 Å². The molecular formula is C12H20N2O2S. The third kappa shape index (κ3) is 2.61. The van der Waals surface area contributed by atoms with Crippen LogP contribution < -0.4 is 4.90 Å². The molecule has 0 bridgehead atoms. The molecule has 0 saturated carbocycles. The maximum absolute atomic E-state index is 9.21. The summed E-state index contributed by atoms with van der Waals surface area (Å²) < 4.78 is 5.58. The molecule has 2 rings (SSSR count). The SMILES string of the molecule is COC1(C)CCCN(c2nc(C)c(CO)s2)C1. The third-order valence-corrected chi connectivity index (χ3v) is 4.65. The number of rotatable bonds is 3. The minimum absolute atomic E-state index is 0.0722. The summed E-state index contributed by atoms with van der Waals surface area (Å²) in [4.78, 5) is 7.76. The molecule has 1 aromatic rings. The second-order valence-corrected chi connectivity index (χ2v) is 5.90. The van der Waals surface area contributed by atoms with Crippen molar-refractivity contribution < 1.29 is 9.84 Å². The number of aliphatic hydroxyl groups is 1. The Balaban J connectivity index is 2.16. The Bertz CT molecular complexity index is 394. The molecule has 17 heavy (non-hydrogen) atoms. The summed E-state index contributed by atoms with van der Waals surface area (Å²) in [5.74, 6) is 0. The lowest BCUT2D eigenvalue weighted by molar-refractivity contribution is -0.00466. The molecule has 1 unspecified atom stereocenters. The van der Waals surface area contributed by atoms with Crippen molar-refractivity contribution in [1.82, 2.24) is 4.98 Å². The van der Waals surface area contributed by atoms with Gasteiger partial charge in [-0.1, -0.05) is 11.3 Å². The lowest BCUT2D eigenvalue weighted by atomic mass is 9.95. The van der Waals surface area contributed by atoms with Crippen LogP contribution >= 0.6 is 11.3 Å². The average molecular weight is 256 g/mol. The van der Waals surface area contributed by atoms with Gasteiger partial charge in [0.25, 0.3) is 0 Å². The van der Waals surface area contributed by atoms with E-state index in [4.69, 9.17) is 4.74 Å². The Kier molecular flexibility index (Phi) is 3.70. The van der Waals surface area contributed by atoms with Crippen molar-refractivity contribution in [2.75, 3.05) is 25.1 Å². The average Bonchev–Trinajstić information content (AvgIpc) is 2.71. The van der Waals surface area contributed by atoms with E-state index in [9.17, 15) is 5.11 Å². The normalized spacial score (nSPS) is 25.3. The number of thiazole rings is 1. The van der Waals surface area contributed by atoms with Gasteiger partial charge in [0.1, 0.15) is 0 Å². The van der Waals surface area contributed by atoms with E-state index in [-0.39, 0.29) is 12.2 Å². The highest BCUT2D eigenvalue weighted by Gasteiger charge is 2.32. The zero-order valence-electron chi connectivity index (χ0n) is 10.7. The molecule has 0 radical (unpaired) electrons. The van der Waals surface area contributed by atoms with Crippen LogP contribution in [-0.4, -0.2) is 35.9 Å². The van der Waals surface area contributed by atoms with Crippen molar-refractivity contribution in [3.8, 4) is 0 Å². The first-order valence-corrected chi connectivity index (χ1v) is 6.77. The molecule has 1 aliphatic rings. The Labute approximate surface area is 106 Å². The monoisotopic (exact) mass is 256 g/mol. The van der Waals surface area contributed by atoms with E-state index < -0.39 is 0 Å². The summed E-state index contributed by atoms with van der Waals surface area (Å²) in [6, 6.07) is 0. The van der Waals surface area contributed by atoms with Crippen molar-refractivity contribution in [3.05, 3.63) is 10.6 Å². The van der Waals surface area contributed by atoms with E-state index in [1.165, 1.54) is 0 Å². The molecule has 1 atom stereocenters. The largest absolute Gasteiger partial charge is 0.391 e. The van der Waals surface area contributed by atoms with Gasteiger partial charge in [0.2, 0.25) is 0 Å². The van der Waals surface area contributed by atoms with E-state index in [1.807, 2.05) is 6.92 Å². The van der Waals surface area contributed by atoms with Gasteiger partial charge in [-0.05, 0) is 26.7 Å². The van der Waals surface area contributed by atoms with Gasteiger partial charge in [-0.15, -0.1) is 0 Å². The molecule has 1 fully saturated rings. The van der Waals surface area contributed by atoms with Crippen LogP contribution in [-0.2, 0) is 11.3 Å². The van der Waals surface area contributed by atoms with Crippen LogP contribution in [0, 0.1) is 6.92 Å². The van der Waals surface area contributed by atoms with Gasteiger partial charge in [0, 0.05) is 20.2 Å². The first-order valence-electron chi connectivity index (χ1n) is 5.95. The first-order chi connectivity index (χ1) is 8.08. The van der Waals surface area contributed by atoms with Gasteiger partial charge in [-0.3, -0.25) is 0 Å². The number of aryl methyl sites for hydroxylation is 1. The fourth-order valence-electron chi connectivity index (χ4n) is 2.23. The molecule has 1 N–H and O–H groups in total. The molecule has 2 heterocycles. The zero-order chi connectivity index (χ0) is 12.5. The topological polar surface area (TPSA) is 45.6 Å². The lowest BCUT2D eigenvalue weighted by Gasteiger charge is -2.39. The molecule has 1 aliphatic heterocycles. The van der Waals surface area contributed by atoms with Gasteiger partial charge in [0.15, 0.2) is 5.13 Å². The fourth-order valence-corrected chi connectivity index (χ4v) is 3.18. The van der Waals surface area contributed by atoms with Gasteiger partial charge < -0.3 is 14.7 Å². The van der Waals surface area contributed by atoms with Crippen molar-refractivity contribution in [1.29, 1.82) is 0 Å². The third-order valence-electron chi connectivity index (χ3n) is 3.45. The molecular weight excluding hydrogens is 236 g/mol. The Morgan fingerprint density at radius 3 is 2.94 bits per heavy atom. The summed E-state index contributed by atoms with van der Waals surface area (Å²) in [6.45, 7) is 6.08. The van der Waals surface area contributed by atoms with E-state index in [1.54, 1.807) is 18.4 Å². The highest BCUT2D eigenvalue weighted by molar-refractivity contribution is 7.15. The number of nitrogens with zero attached hydrogens (tertiary/aromatic N) is 2. The van der Waals surface area contributed by atoms with Gasteiger partial charge in [-0.25, -0.2) is 4.98 Å². The van der Waals surface area contributed by atoms with Crippen molar-refractivity contribution in [3.63, 3.8) is 0 Å². The first kappa shape index (κ1) is 12.8. The van der Waals surface area contributed by atoms with Gasteiger partial charge in [0.05, 0.1) is 22.8 Å². The Hall–Kier alpha value is -0.650. The number of hydrogen-bond donors (Lipinski definition) is 1. The smallest absolute Gasteiger partial charge is 0.185 e. The van der Waals surface area contributed by atoms with Crippen LogP contribution in [0.25, 0.3) is 0 Å². The number of anilines is 1. The molecule has 0 spiro atoms. The van der Waals surface area contributed by atoms with E-state index in [2.05, 4.69) is 16.8 Å². The standard InChI is InChI=1S/C12H20N2O2S/c1-9-10(7-15)17-11(13-9)14-6-4-5-12(2,8-14)16-3/h15H,4-8H2,1-3H3. The second-order valence-electron chi connectivity index (χ2n) is 4.84. The maximum Gasteiger partial charge on any atom is 0.185 e. The van der Waals surface area contributed by atoms with Crippen LogP contribution in [0.1, 0.15) is 30.3 Å². The molecule has 1 aromatic heterocycles. The molecule has 0 aromatic carbocycles. The van der Waals surface area contributed by atoms with Crippen LogP contribution in [0.3, 0.4) is 0 Å². The minimum atomic E-state index is -0.0722. The number of ether oxygens (including phenoxy) is 1. The number of aromatic nitrogens is 1. The summed E-state index contributed by atoms with van der Waals surface area (Å²) >= 11 is 1.59. The molecule has 96 valence electrons. The predicted molar refractivity (Wildman–Crippen MR) is 69.6 cm³/mol. The molecule has 0 amide bonds. The fraction of sp³-hybridized carbons (Fsp3) is 0.750. The molecule has 5 heteroatoms.